The fourth-order valence-corrected chi connectivity index (χ4v) is 7.85. The van der Waals surface area contributed by atoms with Crippen LogP contribution in [0.4, 0.5) is 0 Å². The van der Waals surface area contributed by atoms with Gasteiger partial charge in [0.1, 0.15) is 5.54 Å². The number of halogens is 1. The van der Waals surface area contributed by atoms with Crippen molar-refractivity contribution in [3.05, 3.63) is 0 Å². The van der Waals surface area contributed by atoms with Crippen molar-refractivity contribution >= 4 is 27.8 Å². The minimum atomic E-state index is -0.775. The predicted octanol–water partition coefficient (Wildman–Crippen LogP) is 3.61. The van der Waals surface area contributed by atoms with E-state index in [2.05, 4.69) is 27.3 Å². The van der Waals surface area contributed by atoms with Gasteiger partial charge in [-0.25, -0.2) is 0 Å². The molecule has 5 aliphatic carbocycles. The third-order valence-electron chi connectivity index (χ3n) is 7.06. The Hall–Kier alpha value is -1.09. The molecule has 0 aromatic rings. The van der Waals surface area contributed by atoms with Crippen molar-refractivity contribution in [1.82, 2.24) is 5.32 Å². The smallest absolute Gasteiger partial charge is 0.312 e. The molecule has 0 aromatic heterocycles. The van der Waals surface area contributed by atoms with E-state index in [9.17, 15) is 14.9 Å². The Morgan fingerprint density at radius 2 is 1.77 bits per heavy atom. The van der Waals surface area contributed by atoms with Gasteiger partial charge in [0.2, 0.25) is 0 Å². The first kappa shape index (κ1) is 18.3. The van der Waals surface area contributed by atoms with Crippen LogP contribution in [-0.2, 0) is 14.3 Å². The van der Waals surface area contributed by atoms with E-state index in [1.54, 1.807) is 0 Å². The van der Waals surface area contributed by atoms with Crippen LogP contribution in [0.1, 0.15) is 70.6 Å². The molecule has 0 aliphatic heterocycles. The van der Waals surface area contributed by atoms with Gasteiger partial charge in [-0.15, -0.1) is 0 Å². The number of ether oxygens (including phenoxy) is 1. The molecule has 142 valence electrons. The summed E-state index contributed by atoms with van der Waals surface area (Å²) in [7, 11) is 0. The van der Waals surface area contributed by atoms with Gasteiger partial charge in [0.15, 0.2) is 6.61 Å². The lowest BCUT2D eigenvalue weighted by Crippen LogP contribution is -2.56. The molecule has 4 bridgehead atoms. The van der Waals surface area contributed by atoms with Gasteiger partial charge >= 0.3 is 5.97 Å². The summed E-state index contributed by atoms with van der Waals surface area (Å²) in [6.45, 7) is -0.269. The van der Waals surface area contributed by atoms with Crippen molar-refractivity contribution in [1.29, 1.82) is 5.26 Å². The fourth-order valence-electron chi connectivity index (χ4n) is 6.40. The molecule has 5 saturated carbocycles. The minimum absolute atomic E-state index is 0.0886. The molecule has 1 N–H and O–H groups in total. The second kappa shape index (κ2) is 6.51. The second-order valence-corrected chi connectivity index (χ2v) is 11.0. The first-order chi connectivity index (χ1) is 12.4. The lowest BCUT2D eigenvalue weighted by molar-refractivity contribution is -0.171. The highest BCUT2D eigenvalue weighted by Gasteiger charge is 2.60. The zero-order valence-electron chi connectivity index (χ0n) is 15.2. The van der Waals surface area contributed by atoms with Crippen LogP contribution in [-0.4, -0.2) is 28.3 Å². The average Bonchev–Trinajstić information content (AvgIpc) is 2.58. The summed E-state index contributed by atoms with van der Waals surface area (Å²) in [5.41, 5.74) is -1.19. The Labute approximate surface area is 163 Å². The number of nitriles is 1. The van der Waals surface area contributed by atoms with E-state index in [0.29, 0.717) is 24.7 Å². The van der Waals surface area contributed by atoms with E-state index in [1.807, 2.05) is 0 Å². The van der Waals surface area contributed by atoms with E-state index in [1.165, 1.54) is 6.42 Å². The molecule has 6 heteroatoms. The molecule has 1 amide bonds. The fraction of sp³-hybridized carbons (Fsp3) is 0.850. The molecule has 5 aliphatic rings. The molecule has 5 fully saturated rings. The van der Waals surface area contributed by atoms with Crippen molar-refractivity contribution in [2.45, 2.75) is 80.5 Å². The first-order valence-electron chi connectivity index (χ1n) is 9.95. The summed E-state index contributed by atoms with van der Waals surface area (Å²) < 4.78 is 5.57. The molecule has 4 atom stereocenters. The van der Waals surface area contributed by atoms with E-state index < -0.39 is 11.0 Å². The molecule has 5 rings (SSSR count). The van der Waals surface area contributed by atoms with Gasteiger partial charge in [-0.05, 0) is 63.2 Å². The third kappa shape index (κ3) is 3.28. The standard InChI is InChI=1S/C20H27BrN2O3/c21-19-9-14-6-15(10-19)8-18(7-14,12-19)17(25)26-11-16(24)23-20(13-22)4-2-1-3-5-20/h14-15H,1-12H2,(H,23,24)/t14-,15+,18?,19?. The SMILES string of the molecule is N#CC1(NC(=O)COC(=O)C23C[C@@H]4C[C@@H](CC(Br)(C4)C2)C3)CCCCC1. The maximum absolute atomic E-state index is 12.9. The van der Waals surface area contributed by atoms with Crippen LogP contribution < -0.4 is 5.32 Å². The maximum Gasteiger partial charge on any atom is 0.312 e. The van der Waals surface area contributed by atoms with Crippen molar-refractivity contribution in [2.75, 3.05) is 6.61 Å². The number of hydrogen-bond acceptors (Lipinski definition) is 4. The number of esters is 1. The van der Waals surface area contributed by atoms with Gasteiger partial charge in [0.25, 0.3) is 5.91 Å². The highest BCUT2D eigenvalue weighted by molar-refractivity contribution is 9.10. The zero-order valence-corrected chi connectivity index (χ0v) is 16.8. The van der Waals surface area contributed by atoms with Crippen molar-refractivity contribution in [2.24, 2.45) is 17.3 Å². The molecule has 2 unspecified atom stereocenters. The molecule has 26 heavy (non-hydrogen) atoms. The topological polar surface area (TPSA) is 79.2 Å². The van der Waals surface area contributed by atoms with Gasteiger partial charge in [0.05, 0.1) is 11.5 Å². The quantitative estimate of drug-likeness (QED) is 0.554. The van der Waals surface area contributed by atoms with E-state index in [0.717, 1.165) is 51.4 Å². The first-order valence-corrected chi connectivity index (χ1v) is 10.7. The van der Waals surface area contributed by atoms with Crippen LogP contribution in [0, 0.1) is 28.6 Å². The minimum Gasteiger partial charge on any atom is -0.455 e. The van der Waals surface area contributed by atoms with Gasteiger partial charge in [-0.2, -0.15) is 5.26 Å². The second-order valence-electron chi connectivity index (χ2n) is 9.27. The van der Waals surface area contributed by atoms with Crippen LogP contribution in [0.15, 0.2) is 0 Å². The molecular weight excluding hydrogens is 396 g/mol. The average molecular weight is 423 g/mol. The molecule has 5 nitrogen and oxygen atoms in total. The van der Waals surface area contributed by atoms with Crippen LogP contribution in [0.2, 0.25) is 0 Å². The predicted molar refractivity (Wildman–Crippen MR) is 99.3 cm³/mol. The molecule has 0 radical (unpaired) electrons. The summed E-state index contributed by atoms with van der Waals surface area (Å²) in [4.78, 5) is 25.2. The summed E-state index contributed by atoms with van der Waals surface area (Å²) >= 11 is 3.90. The molecule has 0 aromatic carbocycles. The Morgan fingerprint density at radius 1 is 1.12 bits per heavy atom. The number of hydrogen-bond donors (Lipinski definition) is 1. The summed E-state index contributed by atoms with van der Waals surface area (Å²) in [6.07, 6.45) is 10.5. The highest BCUT2D eigenvalue weighted by atomic mass is 79.9. The lowest BCUT2D eigenvalue weighted by Gasteiger charge is -2.58. The largest absolute Gasteiger partial charge is 0.455 e. The number of nitrogens with one attached hydrogen (secondary N) is 1. The normalized spacial score (nSPS) is 39.8. The van der Waals surface area contributed by atoms with E-state index in [-0.39, 0.29) is 22.8 Å². The molecular formula is C20H27BrN2O3. The number of nitrogens with zero attached hydrogens (tertiary/aromatic N) is 1. The third-order valence-corrected chi connectivity index (χ3v) is 7.98. The van der Waals surface area contributed by atoms with Crippen LogP contribution in [0.5, 0.6) is 0 Å². The van der Waals surface area contributed by atoms with Crippen molar-refractivity contribution in [3.8, 4) is 6.07 Å². The van der Waals surface area contributed by atoms with Gasteiger partial charge in [-0.1, -0.05) is 35.2 Å². The van der Waals surface area contributed by atoms with E-state index >= 15 is 0 Å². The Morgan fingerprint density at radius 3 is 2.35 bits per heavy atom. The van der Waals surface area contributed by atoms with Crippen LogP contribution in [0.3, 0.4) is 0 Å². The Kier molecular flexibility index (Phi) is 4.58. The highest BCUT2D eigenvalue weighted by Crippen LogP contribution is 2.64. The summed E-state index contributed by atoms with van der Waals surface area (Å²) in [5, 5.41) is 12.3. The van der Waals surface area contributed by atoms with Crippen LogP contribution >= 0.6 is 15.9 Å². The van der Waals surface area contributed by atoms with Gasteiger partial charge in [-0.3, -0.25) is 9.59 Å². The monoisotopic (exact) mass is 422 g/mol. The number of amides is 1. The maximum atomic E-state index is 12.9. The number of carbonyl (C=O) groups excluding carboxylic acids is 2. The zero-order chi connectivity index (χ0) is 18.4. The number of rotatable bonds is 4. The van der Waals surface area contributed by atoms with E-state index in [4.69, 9.17) is 4.74 Å². The van der Waals surface area contributed by atoms with Gasteiger partial charge < -0.3 is 10.1 Å². The van der Waals surface area contributed by atoms with Crippen molar-refractivity contribution < 1.29 is 14.3 Å². The molecule has 0 heterocycles. The number of alkyl halides is 1. The summed E-state index contributed by atoms with van der Waals surface area (Å²) in [6, 6.07) is 2.27. The Balaban J connectivity index is 1.35. The van der Waals surface area contributed by atoms with Crippen LogP contribution in [0.25, 0.3) is 0 Å². The molecule has 0 saturated heterocycles. The van der Waals surface area contributed by atoms with Gasteiger partial charge in [0, 0.05) is 4.32 Å². The number of carbonyl (C=O) groups is 2. The Bertz CT molecular complexity index is 636. The lowest BCUT2D eigenvalue weighted by atomic mass is 9.49. The van der Waals surface area contributed by atoms with Crippen molar-refractivity contribution in [3.63, 3.8) is 0 Å². The summed E-state index contributed by atoms with van der Waals surface area (Å²) in [5.74, 6) is 0.641. The molecule has 0 spiro atoms.